The molecule has 0 aromatic heterocycles. The van der Waals surface area contributed by atoms with Crippen LogP contribution in [0, 0.1) is 0 Å². The summed E-state index contributed by atoms with van der Waals surface area (Å²) in [5.41, 5.74) is 0.653. The maximum atomic E-state index is 11.6. The van der Waals surface area contributed by atoms with E-state index in [4.69, 9.17) is 9.47 Å². The molecule has 0 saturated carbocycles. The second-order valence-corrected chi connectivity index (χ2v) is 5.26. The van der Waals surface area contributed by atoms with Gasteiger partial charge >= 0.3 is 0 Å². The Morgan fingerprint density at radius 1 is 1.50 bits per heavy atom. The molecule has 0 fully saturated rings. The first-order valence-electron chi connectivity index (χ1n) is 6.40. The van der Waals surface area contributed by atoms with Crippen molar-refractivity contribution >= 4 is 21.8 Å². The van der Waals surface area contributed by atoms with Gasteiger partial charge in [0, 0.05) is 30.3 Å². The van der Waals surface area contributed by atoms with E-state index in [2.05, 4.69) is 21.2 Å². The Balaban J connectivity index is 2.48. The number of carbonyl (C=O) groups excluding carboxylic acids is 1. The number of ether oxygens (including phenoxy) is 2. The Bertz CT molecular complexity index is 437. The lowest BCUT2D eigenvalue weighted by Crippen LogP contribution is -2.30. The molecule has 0 aliphatic heterocycles. The number of aliphatic hydroxyl groups is 1. The van der Waals surface area contributed by atoms with E-state index in [-0.39, 0.29) is 12.5 Å². The monoisotopic (exact) mass is 345 g/mol. The van der Waals surface area contributed by atoms with E-state index >= 15 is 0 Å². The molecule has 1 aromatic carbocycles. The van der Waals surface area contributed by atoms with Gasteiger partial charge in [-0.15, -0.1) is 0 Å². The van der Waals surface area contributed by atoms with Gasteiger partial charge in [-0.2, -0.15) is 0 Å². The summed E-state index contributed by atoms with van der Waals surface area (Å²) in [5.74, 6) is 0.305. The van der Waals surface area contributed by atoms with Crippen molar-refractivity contribution in [2.45, 2.75) is 19.4 Å². The number of aliphatic hydroxyl groups excluding tert-OH is 1. The van der Waals surface area contributed by atoms with Crippen LogP contribution in [0.4, 0.5) is 0 Å². The minimum atomic E-state index is -0.650. The number of rotatable bonds is 8. The number of amides is 1. The third-order valence-electron chi connectivity index (χ3n) is 2.63. The van der Waals surface area contributed by atoms with Crippen LogP contribution in [0.25, 0.3) is 0 Å². The fourth-order valence-electron chi connectivity index (χ4n) is 1.62. The lowest BCUT2D eigenvalue weighted by Gasteiger charge is -2.13. The third-order valence-corrected chi connectivity index (χ3v) is 3.13. The highest BCUT2D eigenvalue weighted by molar-refractivity contribution is 9.10. The van der Waals surface area contributed by atoms with Gasteiger partial charge in [-0.25, -0.2) is 0 Å². The fraction of sp³-hybridized carbons (Fsp3) is 0.500. The summed E-state index contributed by atoms with van der Waals surface area (Å²) in [6, 6.07) is 5.32. The van der Waals surface area contributed by atoms with Crippen molar-refractivity contribution in [3.63, 3.8) is 0 Å². The van der Waals surface area contributed by atoms with Crippen molar-refractivity contribution in [3.05, 3.63) is 28.2 Å². The van der Waals surface area contributed by atoms with Crippen molar-refractivity contribution in [3.8, 4) is 5.75 Å². The summed E-state index contributed by atoms with van der Waals surface area (Å²) in [5, 5.41) is 12.4. The molecule has 0 heterocycles. The Hall–Kier alpha value is -1.11. The van der Waals surface area contributed by atoms with E-state index in [1.807, 2.05) is 6.07 Å². The van der Waals surface area contributed by atoms with Crippen LogP contribution < -0.4 is 10.1 Å². The maximum absolute atomic E-state index is 11.6. The van der Waals surface area contributed by atoms with Crippen LogP contribution in [0.3, 0.4) is 0 Å². The van der Waals surface area contributed by atoms with Gasteiger partial charge in [0.05, 0.1) is 6.10 Å². The first kappa shape index (κ1) is 16.9. The second-order valence-electron chi connectivity index (χ2n) is 4.34. The fourth-order valence-corrected chi connectivity index (χ4v) is 1.96. The number of hydrogen-bond donors (Lipinski definition) is 2. The van der Waals surface area contributed by atoms with E-state index < -0.39 is 6.10 Å². The molecule has 2 N–H and O–H groups in total. The Morgan fingerprint density at radius 2 is 2.25 bits per heavy atom. The molecule has 0 aliphatic rings. The molecule has 1 rings (SSSR count). The number of methoxy groups -OCH3 is 1. The smallest absolute Gasteiger partial charge is 0.257 e. The lowest BCUT2D eigenvalue weighted by molar-refractivity contribution is -0.123. The molecule has 20 heavy (non-hydrogen) atoms. The quantitative estimate of drug-likeness (QED) is 0.707. The summed E-state index contributed by atoms with van der Waals surface area (Å²) in [6.45, 7) is 2.74. The van der Waals surface area contributed by atoms with Gasteiger partial charge in [0.15, 0.2) is 6.61 Å². The summed E-state index contributed by atoms with van der Waals surface area (Å²) in [4.78, 5) is 11.6. The second kappa shape index (κ2) is 8.94. The van der Waals surface area contributed by atoms with E-state index in [9.17, 15) is 9.90 Å². The number of hydrogen-bond acceptors (Lipinski definition) is 4. The SMILES string of the molecule is COCCCNC(=O)COc1cc(Br)ccc1[C@@H](C)O. The zero-order chi connectivity index (χ0) is 15.0. The average molecular weight is 346 g/mol. The molecular weight excluding hydrogens is 326 g/mol. The predicted octanol–water partition coefficient (Wildman–Crippen LogP) is 2.03. The van der Waals surface area contributed by atoms with Crippen molar-refractivity contribution in [1.29, 1.82) is 0 Å². The molecule has 6 heteroatoms. The minimum absolute atomic E-state index is 0.0802. The molecule has 0 bridgehead atoms. The molecule has 112 valence electrons. The zero-order valence-electron chi connectivity index (χ0n) is 11.7. The predicted molar refractivity (Wildman–Crippen MR) is 79.8 cm³/mol. The molecule has 1 atom stereocenters. The Morgan fingerprint density at radius 3 is 2.90 bits per heavy atom. The summed E-state index contributed by atoms with van der Waals surface area (Å²) < 4.78 is 11.2. The van der Waals surface area contributed by atoms with Gasteiger partial charge < -0.3 is 19.9 Å². The van der Waals surface area contributed by atoms with E-state index in [0.29, 0.717) is 24.5 Å². The van der Waals surface area contributed by atoms with E-state index in [1.54, 1.807) is 26.2 Å². The van der Waals surface area contributed by atoms with Gasteiger partial charge in [-0.1, -0.05) is 22.0 Å². The molecule has 0 spiro atoms. The summed E-state index contributed by atoms with van der Waals surface area (Å²) in [7, 11) is 1.62. The number of halogens is 1. The van der Waals surface area contributed by atoms with Crippen LogP contribution in [-0.4, -0.2) is 37.9 Å². The maximum Gasteiger partial charge on any atom is 0.257 e. The summed E-state index contributed by atoms with van der Waals surface area (Å²) in [6.07, 6.45) is 0.112. The topological polar surface area (TPSA) is 67.8 Å². The van der Waals surface area contributed by atoms with Crippen LogP contribution in [0.5, 0.6) is 5.75 Å². The molecule has 0 saturated heterocycles. The van der Waals surface area contributed by atoms with Crippen LogP contribution in [0.1, 0.15) is 25.0 Å². The van der Waals surface area contributed by atoms with Crippen molar-refractivity contribution in [2.24, 2.45) is 0 Å². The average Bonchev–Trinajstić information content (AvgIpc) is 2.41. The Labute approximate surface area is 127 Å². The highest BCUT2D eigenvalue weighted by Gasteiger charge is 2.11. The van der Waals surface area contributed by atoms with Gasteiger partial charge in [-0.3, -0.25) is 4.79 Å². The normalized spacial score (nSPS) is 12.0. The van der Waals surface area contributed by atoms with Crippen molar-refractivity contribution in [1.82, 2.24) is 5.32 Å². The Kier molecular flexibility index (Phi) is 7.58. The molecule has 0 unspecified atom stereocenters. The standard InChI is InChI=1S/C14H20BrNO4/c1-10(17)12-5-4-11(15)8-13(12)20-9-14(18)16-6-3-7-19-2/h4-5,8,10,17H,3,6-7,9H2,1-2H3,(H,16,18)/t10-/m1/s1. The highest BCUT2D eigenvalue weighted by atomic mass is 79.9. The number of carbonyl (C=O) groups is 1. The largest absolute Gasteiger partial charge is 0.483 e. The van der Waals surface area contributed by atoms with Gasteiger partial charge in [0.1, 0.15) is 5.75 Å². The third kappa shape index (κ3) is 5.90. The zero-order valence-corrected chi connectivity index (χ0v) is 13.3. The molecular formula is C14H20BrNO4. The van der Waals surface area contributed by atoms with Crippen LogP contribution in [0.2, 0.25) is 0 Å². The summed E-state index contributed by atoms with van der Waals surface area (Å²) >= 11 is 3.34. The van der Waals surface area contributed by atoms with Crippen LogP contribution in [0.15, 0.2) is 22.7 Å². The highest BCUT2D eigenvalue weighted by Crippen LogP contribution is 2.28. The van der Waals surface area contributed by atoms with E-state index in [0.717, 1.165) is 10.9 Å². The first-order chi connectivity index (χ1) is 9.54. The molecule has 0 radical (unpaired) electrons. The molecule has 1 amide bonds. The van der Waals surface area contributed by atoms with Crippen molar-refractivity contribution in [2.75, 3.05) is 26.9 Å². The first-order valence-corrected chi connectivity index (χ1v) is 7.20. The number of nitrogens with one attached hydrogen (secondary N) is 1. The van der Waals surface area contributed by atoms with Crippen LogP contribution >= 0.6 is 15.9 Å². The van der Waals surface area contributed by atoms with Gasteiger partial charge in [-0.05, 0) is 25.5 Å². The number of benzene rings is 1. The molecule has 5 nitrogen and oxygen atoms in total. The van der Waals surface area contributed by atoms with E-state index in [1.165, 1.54) is 0 Å². The van der Waals surface area contributed by atoms with Crippen LogP contribution in [-0.2, 0) is 9.53 Å². The van der Waals surface area contributed by atoms with Gasteiger partial charge in [0.2, 0.25) is 0 Å². The van der Waals surface area contributed by atoms with Gasteiger partial charge in [0.25, 0.3) is 5.91 Å². The molecule has 1 aromatic rings. The lowest BCUT2D eigenvalue weighted by atomic mass is 10.1. The van der Waals surface area contributed by atoms with Crippen molar-refractivity contribution < 1.29 is 19.4 Å². The molecule has 0 aliphatic carbocycles. The minimum Gasteiger partial charge on any atom is -0.483 e.